The van der Waals surface area contributed by atoms with Crippen LogP contribution in [0.25, 0.3) is 0 Å². The average molecular weight is 368 g/mol. The summed E-state index contributed by atoms with van der Waals surface area (Å²) in [5, 5.41) is 13.9. The van der Waals surface area contributed by atoms with Crippen LogP contribution < -0.4 is 15.8 Å². The maximum Gasteiger partial charge on any atom is 0.255 e. The van der Waals surface area contributed by atoms with Crippen LogP contribution in [0, 0.1) is 0 Å². The van der Waals surface area contributed by atoms with Gasteiger partial charge >= 0.3 is 0 Å². The second-order valence-electron chi connectivity index (χ2n) is 6.74. The summed E-state index contributed by atoms with van der Waals surface area (Å²) in [5.74, 6) is -0.401. The number of nitrogens with one attached hydrogen (secondary N) is 1. The lowest BCUT2D eigenvalue weighted by Gasteiger charge is -2.29. The van der Waals surface area contributed by atoms with E-state index in [1.54, 1.807) is 24.3 Å². The van der Waals surface area contributed by atoms with Gasteiger partial charge in [0.2, 0.25) is 0 Å². The van der Waals surface area contributed by atoms with Gasteiger partial charge in [0, 0.05) is 19.0 Å². The van der Waals surface area contributed by atoms with Crippen molar-refractivity contribution in [3.63, 3.8) is 0 Å². The Labute approximate surface area is 158 Å². The molecule has 3 rings (SSSR count). The molecule has 6 nitrogen and oxygen atoms in total. The van der Waals surface area contributed by atoms with E-state index in [1.807, 2.05) is 12.1 Å². The molecule has 0 fully saturated rings. The summed E-state index contributed by atoms with van der Waals surface area (Å²) >= 11 is 0. The smallest absolute Gasteiger partial charge is 0.255 e. The highest BCUT2D eigenvalue weighted by molar-refractivity contribution is 5.98. The molecule has 1 amide bonds. The zero-order valence-corrected chi connectivity index (χ0v) is 15.1. The Kier molecular flexibility index (Phi) is 6.21. The third-order valence-corrected chi connectivity index (χ3v) is 4.80. The van der Waals surface area contributed by atoms with E-state index in [1.165, 1.54) is 11.1 Å². The van der Waals surface area contributed by atoms with Crippen LogP contribution in [0.4, 0.5) is 0 Å². The summed E-state index contributed by atoms with van der Waals surface area (Å²) in [7, 11) is 0. The second-order valence-corrected chi connectivity index (χ2v) is 6.74. The first kappa shape index (κ1) is 19.1. The van der Waals surface area contributed by atoms with Gasteiger partial charge in [0.05, 0.1) is 11.7 Å². The monoisotopic (exact) mass is 368 g/mol. The number of hydrogen-bond donors (Lipinski definition) is 3. The van der Waals surface area contributed by atoms with Crippen LogP contribution in [0.5, 0.6) is 5.75 Å². The fourth-order valence-electron chi connectivity index (χ4n) is 3.34. The predicted octanol–water partition coefficient (Wildman–Crippen LogP) is 1.59. The molecule has 0 aromatic heterocycles. The zero-order chi connectivity index (χ0) is 19.2. The normalized spacial score (nSPS) is 17.0. The molecule has 1 aliphatic heterocycles. The number of aliphatic hydroxyl groups excluding tert-OH is 1. The van der Waals surface area contributed by atoms with Crippen LogP contribution in [0.1, 0.15) is 34.3 Å². The van der Waals surface area contributed by atoms with Crippen molar-refractivity contribution >= 4 is 11.7 Å². The average Bonchev–Trinajstić information content (AvgIpc) is 2.70. The molecule has 4 N–H and O–H groups in total. The predicted molar refractivity (Wildman–Crippen MR) is 101 cm³/mol. The molecule has 0 saturated carbocycles. The first-order chi connectivity index (χ1) is 13.0. The van der Waals surface area contributed by atoms with E-state index >= 15 is 0 Å². The lowest BCUT2D eigenvalue weighted by Crippen LogP contribution is -2.44. The van der Waals surface area contributed by atoms with Gasteiger partial charge in [-0.2, -0.15) is 0 Å². The van der Waals surface area contributed by atoms with E-state index in [0.29, 0.717) is 17.7 Å². The van der Waals surface area contributed by atoms with Gasteiger partial charge in [0.15, 0.2) is 12.4 Å². The molecule has 27 heavy (non-hydrogen) atoms. The molecule has 0 unspecified atom stereocenters. The Morgan fingerprint density at radius 1 is 1.15 bits per heavy atom. The standard InChI is InChI=1S/C21H24N2O4/c22-21(26)13-27-20-8-4-3-7-16(20)18(24)9-10-19(25)17-11-14-5-1-2-6-15(14)12-23-17/h1-8,17,19,23,25H,9-13H2,(H2,22,26)/t17-,19+/m0/s1. The molecule has 1 heterocycles. The Morgan fingerprint density at radius 2 is 1.85 bits per heavy atom. The number of Topliss-reactive ketones (excluding diaryl/α,β-unsaturated/α-hetero) is 1. The number of ketones is 1. The highest BCUT2D eigenvalue weighted by atomic mass is 16.5. The van der Waals surface area contributed by atoms with Gasteiger partial charge in [-0.25, -0.2) is 0 Å². The van der Waals surface area contributed by atoms with Crippen LogP contribution >= 0.6 is 0 Å². The van der Waals surface area contributed by atoms with Crippen molar-refractivity contribution in [1.29, 1.82) is 0 Å². The molecule has 2 aromatic carbocycles. The molecular weight excluding hydrogens is 344 g/mol. The number of nitrogens with two attached hydrogens (primary N) is 1. The number of aliphatic hydroxyl groups is 1. The maximum absolute atomic E-state index is 12.6. The topological polar surface area (TPSA) is 102 Å². The Morgan fingerprint density at radius 3 is 2.63 bits per heavy atom. The summed E-state index contributed by atoms with van der Waals surface area (Å²) in [5.41, 5.74) is 7.97. The Balaban J connectivity index is 1.57. The van der Waals surface area contributed by atoms with Crippen LogP contribution in [-0.4, -0.2) is 35.5 Å². The van der Waals surface area contributed by atoms with Crippen LogP contribution in [0.15, 0.2) is 48.5 Å². The largest absolute Gasteiger partial charge is 0.483 e. The number of para-hydroxylation sites is 1. The van der Waals surface area contributed by atoms with Gasteiger partial charge in [-0.3, -0.25) is 9.59 Å². The fraction of sp³-hybridized carbons (Fsp3) is 0.333. The quantitative estimate of drug-likeness (QED) is 0.614. The van der Waals surface area contributed by atoms with E-state index in [-0.39, 0.29) is 24.9 Å². The number of ether oxygens (including phenoxy) is 1. The second kappa shape index (κ2) is 8.79. The minimum Gasteiger partial charge on any atom is -0.483 e. The van der Waals surface area contributed by atoms with Gasteiger partial charge in [-0.1, -0.05) is 36.4 Å². The number of hydrogen-bond acceptors (Lipinski definition) is 5. The summed E-state index contributed by atoms with van der Waals surface area (Å²) in [6, 6.07) is 14.8. The van der Waals surface area contributed by atoms with Gasteiger partial charge < -0.3 is 20.9 Å². The van der Waals surface area contributed by atoms with Crippen molar-refractivity contribution in [1.82, 2.24) is 5.32 Å². The minimum atomic E-state index is -0.624. The number of primary amides is 1. The fourth-order valence-corrected chi connectivity index (χ4v) is 3.34. The highest BCUT2D eigenvalue weighted by Crippen LogP contribution is 2.23. The van der Waals surface area contributed by atoms with Gasteiger partial charge in [-0.15, -0.1) is 0 Å². The molecule has 1 aliphatic rings. The molecular formula is C21H24N2O4. The molecule has 2 atom stereocenters. The van der Waals surface area contributed by atoms with Crippen molar-refractivity contribution in [2.75, 3.05) is 6.61 Å². The summed E-state index contributed by atoms with van der Waals surface area (Å²) in [4.78, 5) is 23.5. The molecule has 6 heteroatoms. The van der Waals surface area contributed by atoms with E-state index in [9.17, 15) is 14.7 Å². The lowest BCUT2D eigenvalue weighted by molar-refractivity contribution is -0.119. The number of amides is 1. The summed E-state index contributed by atoms with van der Waals surface area (Å²) < 4.78 is 5.31. The summed E-state index contributed by atoms with van der Waals surface area (Å²) in [6.45, 7) is 0.438. The molecule has 0 spiro atoms. The zero-order valence-electron chi connectivity index (χ0n) is 15.1. The highest BCUT2D eigenvalue weighted by Gasteiger charge is 2.25. The summed E-state index contributed by atoms with van der Waals surface area (Å²) in [6.07, 6.45) is 0.658. The van der Waals surface area contributed by atoms with Crippen molar-refractivity contribution in [2.24, 2.45) is 5.73 Å². The first-order valence-electron chi connectivity index (χ1n) is 9.06. The molecule has 0 aliphatic carbocycles. The van der Waals surface area contributed by atoms with Crippen LogP contribution in [0.3, 0.4) is 0 Å². The van der Waals surface area contributed by atoms with Crippen molar-refractivity contribution in [3.05, 3.63) is 65.2 Å². The van der Waals surface area contributed by atoms with Crippen molar-refractivity contribution < 1.29 is 19.4 Å². The van der Waals surface area contributed by atoms with E-state index in [0.717, 1.165) is 13.0 Å². The molecule has 0 saturated heterocycles. The molecule has 0 bridgehead atoms. The number of rotatable bonds is 8. The third kappa shape index (κ3) is 4.93. The van der Waals surface area contributed by atoms with E-state index in [4.69, 9.17) is 10.5 Å². The first-order valence-corrected chi connectivity index (χ1v) is 9.06. The molecule has 0 radical (unpaired) electrons. The molecule has 2 aromatic rings. The van der Waals surface area contributed by atoms with Crippen LogP contribution in [-0.2, 0) is 17.8 Å². The number of carbonyl (C=O) groups is 2. The molecule has 142 valence electrons. The van der Waals surface area contributed by atoms with Gasteiger partial charge in [0.25, 0.3) is 5.91 Å². The van der Waals surface area contributed by atoms with Gasteiger partial charge in [-0.05, 0) is 36.1 Å². The van der Waals surface area contributed by atoms with E-state index in [2.05, 4.69) is 17.4 Å². The lowest BCUT2D eigenvalue weighted by atomic mass is 9.90. The SMILES string of the molecule is NC(=O)COc1ccccc1C(=O)CC[C@@H](O)[C@@H]1Cc2ccccc2CN1. The maximum atomic E-state index is 12.6. The third-order valence-electron chi connectivity index (χ3n) is 4.80. The van der Waals surface area contributed by atoms with Crippen molar-refractivity contribution in [2.45, 2.75) is 38.0 Å². The Bertz CT molecular complexity index is 821. The number of fused-ring (bicyclic) bond motifs is 1. The van der Waals surface area contributed by atoms with Gasteiger partial charge in [0.1, 0.15) is 5.75 Å². The Hall–Kier alpha value is -2.70. The minimum absolute atomic E-state index is 0.0749. The number of benzene rings is 2. The van der Waals surface area contributed by atoms with Crippen LogP contribution in [0.2, 0.25) is 0 Å². The van der Waals surface area contributed by atoms with E-state index < -0.39 is 12.0 Å². The number of carbonyl (C=O) groups excluding carboxylic acids is 2. The van der Waals surface area contributed by atoms with Crippen molar-refractivity contribution in [3.8, 4) is 5.75 Å².